The van der Waals surface area contributed by atoms with E-state index >= 15 is 0 Å². The second-order valence-electron chi connectivity index (χ2n) is 4.63. The number of carboxylic acids is 1. The molecule has 1 unspecified atom stereocenters. The molecule has 1 aromatic carbocycles. The van der Waals surface area contributed by atoms with Crippen molar-refractivity contribution in [1.82, 2.24) is 5.32 Å². The van der Waals surface area contributed by atoms with Gasteiger partial charge in [0.25, 0.3) is 0 Å². The van der Waals surface area contributed by atoms with Gasteiger partial charge in [-0.05, 0) is 19.4 Å². The van der Waals surface area contributed by atoms with Gasteiger partial charge in [0.05, 0.1) is 5.60 Å². The lowest BCUT2D eigenvalue weighted by Crippen LogP contribution is -2.54. The predicted molar refractivity (Wildman–Crippen MR) is 67.5 cm³/mol. The first-order valence-electron chi connectivity index (χ1n) is 5.73. The Labute approximate surface area is 111 Å². The van der Waals surface area contributed by atoms with Crippen LogP contribution in [0.15, 0.2) is 30.3 Å². The van der Waals surface area contributed by atoms with Crippen molar-refractivity contribution >= 4 is 12.1 Å². The largest absolute Gasteiger partial charge is 0.480 e. The summed E-state index contributed by atoms with van der Waals surface area (Å²) in [5.74, 6) is -1.33. The summed E-state index contributed by atoms with van der Waals surface area (Å²) >= 11 is 0. The first-order valence-corrected chi connectivity index (χ1v) is 5.73. The average molecular weight is 267 g/mol. The number of carbonyl (C=O) groups excluding carboxylic acids is 1. The number of aliphatic hydroxyl groups is 1. The van der Waals surface area contributed by atoms with Gasteiger partial charge in [-0.25, -0.2) is 9.59 Å². The molecule has 1 rings (SSSR count). The molecule has 3 N–H and O–H groups in total. The minimum atomic E-state index is -1.59. The van der Waals surface area contributed by atoms with Gasteiger partial charge in [-0.1, -0.05) is 30.3 Å². The van der Waals surface area contributed by atoms with E-state index in [0.717, 1.165) is 5.56 Å². The number of hydrogen-bond donors (Lipinski definition) is 3. The van der Waals surface area contributed by atoms with Gasteiger partial charge in [0.2, 0.25) is 0 Å². The molecule has 6 heteroatoms. The third kappa shape index (κ3) is 4.97. The molecule has 0 aliphatic heterocycles. The van der Waals surface area contributed by atoms with Crippen LogP contribution in [-0.2, 0) is 16.1 Å². The number of hydrogen-bond acceptors (Lipinski definition) is 4. The monoisotopic (exact) mass is 267 g/mol. The Hall–Kier alpha value is -2.08. The quantitative estimate of drug-likeness (QED) is 0.743. The Morgan fingerprint density at radius 1 is 1.32 bits per heavy atom. The highest BCUT2D eigenvalue weighted by molar-refractivity contribution is 5.81. The lowest BCUT2D eigenvalue weighted by atomic mass is 9.99. The van der Waals surface area contributed by atoms with Crippen molar-refractivity contribution in [3.63, 3.8) is 0 Å². The molecule has 0 aromatic heterocycles. The Kier molecular flexibility index (Phi) is 4.88. The minimum absolute atomic E-state index is 0.0326. The molecule has 0 radical (unpaired) electrons. The van der Waals surface area contributed by atoms with E-state index in [-0.39, 0.29) is 6.61 Å². The fourth-order valence-electron chi connectivity index (χ4n) is 1.42. The lowest BCUT2D eigenvalue weighted by molar-refractivity contribution is -0.145. The van der Waals surface area contributed by atoms with E-state index in [1.807, 2.05) is 6.07 Å². The summed E-state index contributed by atoms with van der Waals surface area (Å²) in [7, 11) is 0. The second-order valence-corrected chi connectivity index (χ2v) is 4.63. The Morgan fingerprint density at radius 3 is 2.37 bits per heavy atom. The highest BCUT2D eigenvalue weighted by atomic mass is 16.5. The van der Waals surface area contributed by atoms with Crippen LogP contribution in [0.1, 0.15) is 19.4 Å². The van der Waals surface area contributed by atoms with Crippen LogP contribution in [0, 0.1) is 0 Å². The summed E-state index contributed by atoms with van der Waals surface area (Å²) in [6.45, 7) is 2.62. The van der Waals surface area contributed by atoms with Crippen LogP contribution in [0.2, 0.25) is 0 Å². The van der Waals surface area contributed by atoms with E-state index in [1.54, 1.807) is 24.3 Å². The molecule has 0 saturated heterocycles. The molecular formula is C13H17NO5. The second kappa shape index (κ2) is 6.19. The maximum Gasteiger partial charge on any atom is 0.408 e. The van der Waals surface area contributed by atoms with E-state index in [0.29, 0.717) is 0 Å². The molecule has 0 heterocycles. The van der Waals surface area contributed by atoms with Gasteiger partial charge in [0.1, 0.15) is 6.61 Å². The smallest absolute Gasteiger partial charge is 0.408 e. The van der Waals surface area contributed by atoms with Gasteiger partial charge in [-0.2, -0.15) is 0 Å². The fourth-order valence-corrected chi connectivity index (χ4v) is 1.42. The molecule has 6 nitrogen and oxygen atoms in total. The highest BCUT2D eigenvalue weighted by Gasteiger charge is 2.35. The summed E-state index contributed by atoms with van der Waals surface area (Å²) in [6, 6.07) is 7.55. The molecule has 104 valence electrons. The van der Waals surface area contributed by atoms with Crippen LogP contribution in [0.25, 0.3) is 0 Å². The number of rotatable bonds is 5. The normalized spacial score (nSPS) is 12.6. The van der Waals surface area contributed by atoms with E-state index in [9.17, 15) is 14.7 Å². The van der Waals surface area contributed by atoms with Crippen LogP contribution in [0.3, 0.4) is 0 Å². The Balaban J connectivity index is 2.52. The van der Waals surface area contributed by atoms with Crippen molar-refractivity contribution in [3.8, 4) is 0 Å². The van der Waals surface area contributed by atoms with Gasteiger partial charge < -0.3 is 20.3 Å². The number of alkyl carbamates (subject to hydrolysis) is 1. The van der Waals surface area contributed by atoms with Crippen LogP contribution >= 0.6 is 0 Å². The predicted octanol–water partition coefficient (Wildman–Crippen LogP) is 1.14. The summed E-state index contributed by atoms with van der Waals surface area (Å²) < 4.78 is 4.88. The third-order valence-corrected chi connectivity index (χ3v) is 2.43. The number of amides is 1. The average Bonchev–Trinajstić information content (AvgIpc) is 2.33. The van der Waals surface area contributed by atoms with E-state index in [1.165, 1.54) is 13.8 Å². The topological polar surface area (TPSA) is 95.9 Å². The van der Waals surface area contributed by atoms with Gasteiger partial charge in [-0.15, -0.1) is 0 Å². The molecule has 19 heavy (non-hydrogen) atoms. The van der Waals surface area contributed by atoms with Crippen molar-refractivity contribution in [2.45, 2.75) is 32.1 Å². The summed E-state index contributed by atoms with van der Waals surface area (Å²) in [5.41, 5.74) is -0.801. The molecule has 0 spiro atoms. The molecule has 0 aliphatic carbocycles. The van der Waals surface area contributed by atoms with Crippen LogP contribution < -0.4 is 5.32 Å². The molecule has 0 saturated carbocycles. The molecular weight excluding hydrogens is 250 g/mol. The number of ether oxygens (including phenoxy) is 1. The zero-order valence-corrected chi connectivity index (χ0v) is 10.8. The summed E-state index contributed by atoms with van der Waals surface area (Å²) in [4.78, 5) is 22.4. The maximum absolute atomic E-state index is 11.5. The van der Waals surface area contributed by atoms with Crippen molar-refractivity contribution in [2.24, 2.45) is 0 Å². The van der Waals surface area contributed by atoms with Crippen molar-refractivity contribution in [1.29, 1.82) is 0 Å². The van der Waals surface area contributed by atoms with E-state index < -0.39 is 23.7 Å². The van der Waals surface area contributed by atoms with Gasteiger partial charge >= 0.3 is 12.1 Å². The number of benzene rings is 1. The van der Waals surface area contributed by atoms with Crippen molar-refractivity contribution in [2.75, 3.05) is 0 Å². The lowest BCUT2D eigenvalue weighted by Gasteiger charge is -2.26. The third-order valence-electron chi connectivity index (χ3n) is 2.43. The first kappa shape index (κ1) is 15.0. The highest BCUT2D eigenvalue weighted by Crippen LogP contribution is 2.09. The van der Waals surface area contributed by atoms with Crippen LogP contribution in [0.5, 0.6) is 0 Å². The SMILES string of the molecule is CC(C)(O)C(NC(=O)OCc1ccccc1)C(=O)O. The van der Waals surface area contributed by atoms with E-state index in [2.05, 4.69) is 5.32 Å². The number of aliphatic carboxylic acids is 1. The molecule has 1 amide bonds. The van der Waals surface area contributed by atoms with Gasteiger partial charge in [-0.3, -0.25) is 0 Å². The summed E-state index contributed by atoms with van der Waals surface area (Å²) in [6.07, 6.45) is -0.890. The zero-order chi connectivity index (χ0) is 14.5. The number of carbonyl (C=O) groups is 2. The number of carboxylic acid groups (broad SMARTS) is 1. The maximum atomic E-state index is 11.5. The first-order chi connectivity index (χ1) is 8.80. The zero-order valence-electron chi connectivity index (χ0n) is 10.8. The van der Waals surface area contributed by atoms with Crippen molar-refractivity contribution in [3.05, 3.63) is 35.9 Å². The van der Waals surface area contributed by atoms with Crippen LogP contribution in [-0.4, -0.2) is 33.9 Å². The number of nitrogens with one attached hydrogen (secondary N) is 1. The Bertz CT molecular complexity index is 438. The molecule has 0 fully saturated rings. The van der Waals surface area contributed by atoms with E-state index in [4.69, 9.17) is 9.84 Å². The molecule has 0 bridgehead atoms. The van der Waals surface area contributed by atoms with Crippen LogP contribution in [0.4, 0.5) is 4.79 Å². The van der Waals surface area contributed by atoms with Gasteiger partial charge in [0, 0.05) is 0 Å². The minimum Gasteiger partial charge on any atom is -0.480 e. The molecule has 1 aromatic rings. The molecule has 0 aliphatic rings. The van der Waals surface area contributed by atoms with Gasteiger partial charge in [0.15, 0.2) is 6.04 Å². The summed E-state index contributed by atoms with van der Waals surface area (Å²) in [5, 5.41) is 20.7. The Morgan fingerprint density at radius 2 is 1.89 bits per heavy atom. The molecule has 1 atom stereocenters. The van der Waals surface area contributed by atoms with Crippen molar-refractivity contribution < 1.29 is 24.5 Å². The standard InChI is InChI=1S/C13H17NO5/c1-13(2,18)10(11(15)16)14-12(17)19-8-9-6-4-3-5-7-9/h3-7,10,18H,8H2,1-2H3,(H,14,17)(H,15,16). The fraction of sp³-hybridized carbons (Fsp3) is 0.385.